The van der Waals surface area contributed by atoms with Crippen molar-refractivity contribution < 1.29 is 13.2 Å². The molecule has 6 nitrogen and oxygen atoms in total. The molecular weight excluding hydrogens is 290 g/mol. The lowest BCUT2D eigenvalue weighted by Crippen LogP contribution is -2.57. The predicted molar refractivity (Wildman–Crippen MR) is 70.5 cm³/mol. The third-order valence-corrected chi connectivity index (χ3v) is 5.57. The van der Waals surface area contributed by atoms with Gasteiger partial charge < -0.3 is 11.1 Å². The van der Waals surface area contributed by atoms with Crippen LogP contribution in [0.1, 0.15) is 5.56 Å². The SMILES string of the molecule is NC1CN(S(=O)(=O)c2cc3c(cc2Cl)NC(=O)C3)C1. The number of anilines is 1. The van der Waals surface area contributed by atoms with E-state index >= 15 is 0 Å². The molecule has 3 N–H and O–H groups in total. The topological polar surface area (TPSA) is 92.5 Å². The summed E-state index contributed by atoms with van der Waals surface area (Å²) in [5.41, 5.74) is 6.83. The lowest BCUT2D eigenvalue weighted by atomic mass is 10.2. The Morgan fingerprint density at radius 1 is 1.37 bits per heavy atom. The van der Waals surface area contributed by atoms with Crippen LogP contribution in [0.5, 0.6) is 0 Å². The second-order valence-electron chi connectivity index (χ2n) is 4.75. The third kappa shape index (κ3) is 2.02. The van der Waals surface area contributed by atoms with Gasteiger partial charge in [-0.25, -0.2) is 8.42 Å². The number of carbonyl (C=O) groups excluding carboxylic acids is 1. The molecule has 2 aliphatic rings. The molecule has 2 heterocycles. The number of hydrogen-bond acceptors (Lipinski definition) is 4. The van der Waals surface area contributed by atoms with E-state index in [0.29, 0.717) is 24.3 Å². The van der Waals surface area contributed by atoms with Crippen molar-refractivity contribution in [2.24, 2.45) is 5.73 Å². The molecule has 0 saturated carbocycles. The fourth-order valence-electron chi connectivity index (χ4n) is 2.23. The number of benzene rings is 1. The summed E-state index contributed by atoms with van der Waals surface area (Å²) in [6, 6.07) is 2.83. The van der Waals surface area contributed by atoms with E-state index in [-0.39, 0.29) is 28.3 Å². The first kappa shape index (κ1) is 12.9. The Hall–Kier alpha value is -1.15. The van der Waals surface area contributed by atoms with Crippen molar-refractivity contribution in [2.45, 2.75) is 17.4 Å². The summed E-state index contributed by atoms with van der Waals surface area (Å²) < 4.78 is 26.0. The maximum absolute atomic E-state index is 12.3. The van der Waals surface area contributed by atoms with Gasteiger partial charge in [-0.15, -0.1) is 0 Å². The number of fused-ring (bicyclic) bond motifs is 1. The van der Waals surface area contributed by atoms with Gasteiger partial charge in [0, 0.05) is 24.8 Å². The van der Waals surface area contributed by atoms with Gasteiger partial charge in [-0.3, -0.25) is 4.79 Å². The van der Waals surface area contributed by atoms with Crippen molar-refractivity contribution in [2.75, 3.05) is 18.4 Å². The van der Waals surface area contributed by atoms with Gasteiger partial charge in [-0.1, -0.05) is 11.6 Å². The summed E-state index contributed by atoms with van der Waals surface area (Å²) >= 11 is 6.01. The monoisotopic (exact) mass is 301 g/mol. The van der Waals surface area contributed by atoms with E-state index in [4.69, 9.17) is 17.3 Å². The molecule has 1 fully saturated rings. The molecule has 19 heavy (non-hydrogen) atoms. The molecule has 8 heteroatoms. The van der Waals surface area contributed by atoms with Crippen molar-refractivity contribution >= 4 is 33.2 Å². The number of amides is 1. The molecule has 0 spiro atoms. The molecular formula is C11H12ClN3O3S. The van der Waals surface area contributed by atoms with Gasteiger partial charge in [-0.2, -0.15) is 4.31 Å². The molecule has 0 bridgehead atoms. The Morgan fingerprint density at radius 2 is 2.05 bits per heavy atom. The average Bonchev–Trinajstić information content (AvgIpc) is 2.62. The number of nitrogens with zero attached hydrogens (tertiary/aromatic N) is 1. The van der Waals surface area contributed by atoms with E-state index in [1.54, 1.807) is 0 Å². The van der Waals surface area contributed by atoms with Crippen molar-refractivity contribution in [3.63, 3.8) is 0 Å². The maximum atomic E-state index is 12.3. The highest BCUT2D eigenvalue weighted by Crippen LogP contribution is 2.34. The van der Waals surface area contributed by atoms with Crippen molar-refractivity contribution in [1.82, 2.24) is 4.31 Å². The number of nitrogens with two attached hydrogens (primary N) is 1. The third-order valence-electron chi connectivity index (χ3n) is 3.28. The van der Waals surface area contributed by atoms with E-state index in [1.807, 2.05) is 0 Å². The van der Waals surface area contributed by atoms with Crippen LogP contribution in [0.4, 0.5) is 5.69 Å². The second kappa shape index (κ2) is 4.17. The van der Waals surface area contributed by atoms with E-state index in [2.05, 4.69) is 5.32 Å². The summed E-state index contributed by atoms with van der Waals surface area (Å²) in [4.78, 5) is 11.3. The first-order chi connectivity index (χ1) is 8.88. The van der Waals surface area contributed by atoms with Gasteiger partial charge in [0.15, 0.2) is 0 Å². The number of nitrogens with one attached hydrogen (secondary N) is 1. The normalized spacial score (nSPS) is 20.0. The van der Waals surface area contributed by atoms with Gasteiger partial charge >= 0.3 is 0 Å². The van der Waals surface area contributed by atoms with Crippen LogP contribution in [0.25, 0.3) is 0 Å². The van der Waals surface area contributed by atoms with Crippen molar-refractivity contribution in [1.29, 1.82) is 0 Å². The Labute approximate surface area is 115 Å². The number of rotatable bonds is 2. The second-order valence-corrected chi connectivity index (χ2v) is 7.06. The zero-order chi connectivity index (χ0) is 13.8. The fourth-order valence-corrected chi connectivity index (χ4v) is 4.33. The quantitative estimate of drug-likeness (QED) is 0.814. The summed E-state index contributed by atoms with van der Waals surface area (Å²) in [6.45, 7) is 0.597. The van der Waals surface area contributed by atoms with Gasteiger partial charge in [-0.05, 0) is 17.7 Å². The molecule has 3 rings (SSSR count). The Morgan fingerprint density at radius 3 is 2.68 bits per heavy atom. The van der Waals surface area contributed by atoms with Crippen molar-refractivity contribution in [3.8, 4) is 0 Å². The van der Waals surface area contributed by atoms with E-state index in [9.17, 15) is 13.2 Å². The summed E-state index contributed by atoms with van der Waals surface area (Å²) in [5, 5.41) is 2.74. The first-order valence-corrected chi connectivity index (χ1v) is 7.58. The molecule has 1 aromatic carbocycles. The number of hydrogen-bond donors (Lipinski definition) is 2. The summed E-state index contributed by atoms with van der Waals surface area (Å²) in [6.07, 6.45) is 0.175. The van der Waals surface area contributed by atoms with Crippen LogP contribution in [0.2, 0.25) is 5.02 Å². The highest BCUT2D eigenvalue weighted by Gasteiger charge is 2.36. The smallest absolute Gasteiger partial charge is 0.244 e. The van der Waals surface area contributed by atoms with Crippen LogP contribution in [0, 0.1) is 0 Å². The zero-order valence-electron chi connectivity index (χ0n) is 9.89. The summed E-state index contributed by atoms with van der Waals surface area (Å²) in [5.74, 6) is -0.161. The molecule has 0 aliphatic carbocycles. The van der Waals surface area contributed by atoms with Crippen LogP contribution >= 0.6 is 11.6 Å². The Balaban J connectivity index is 2.02. The number of carbonyl (C=O) groups is 1. The van der Waals surface area contributed by atoms with Gasteiger partial charge in [0.05, 0.1) is 11.4 Å². The van der Waals surface area contributed by atoms with Gasteiger partial charge in [0.25, 0.3) is 0 Å². The van der Waals surface area contributed by atoms with Crippen LogP contribution in [-0.2, 0) is 21.2 Å². The van der Waals surface area contributed by atoms with Gasteiger partial charge in [0.1, 0.15) is 4.90 Å². The standard InChI is InChI=1S/C11H12ClN3O3S/c12-8-3-9-6(2-11(16)14-9)1-10(8)19(17,18)15-4-7(13)5-15/h1,3,7H,2,4-5,13H2,(H,14,16). The fraction of sp³-hybridized carbons (Fsp3) is 0.364. The van der Waals surface area contributed by atoms with E-state index in [0.717, 1.165) is 0 Å². The molecule has 0 atom stereocenters. The average molecular weight is 302 g/mol. The molecule has 1 aromatic rings. The summed E-state index contributed by atoms with van der Waals surface area (Å²) in [7, 11) is -3.62. The molecule has 102 valence electrons. The van der Waals surface area contributed by atoms with Gasteiger partial charge in [0.2, 0.25) is 15.9 Å². The minimum atomic E-state index is -3.62. The molecule has 0 unspecified atom stereocenters. The minimum absolute atomic E-state index is 0.0383. The van der Waals surface area contributed by atoms with E-state index < -0.39 is 10.0 Å². The predicted octanol–water partition coefficient (Wildman–Crippen LogP) is 0.166. The van der Waals surface area contributed by atoms with Crippen molar-refractivity contribution in [3.05, 3.63) is 22.7 Å². The minimum Gasteiger partial charge on any atom is -0.325 e. The molecule has 2 aliphatic heterocycles. The Kier molecular flexibility index (Phi) is 2.82. The number of halogens is 1. The molecule has 0 radical (unpaired) electrons. The Bertz CT molecular complexity index is 668. The maximum Gasteiger partial charge on any atom is 0.244 e. The lowest BCUT2D eigenvalue weighted by Gasteiger charge is -2.35. The largest absolute Gasteiger partial charge is 0.325 e. The highest BCUT2D eigenvalue weighted by molar-refractivity contribution is 7.89. The zero-order valence-corrected chi connectivity index (χ0v) is 11.5. The molecule has 1 saturated heterocycles. The molecule has 1 amide bonds. The van der Waals surface area contributed by atoms with Crippen LogP contribution in [-0.4, -0.2) is 37.8 Å². The lowest BCUT2D eigenvalue weighted by molar-refractivity contribution is -0.115. The first-order valence-electron chi connectivity index (χ1n) is 5.76. The number of sulfonamides is 1. The highest BCUT2D eigenvalue weighted by atomic mass is 35.5. The van der Waals surface area contributed by atoms with Crippen LogP contribution < -0.4 is 11.1 Å². The van der Waals surface area contributed by atoms with Crippen LogP contribution in [0.3, 0.4) is 0 Å². The molecule has 0 aromatic heterocycles. The van der Waals surface area contributed by atoms with Crippen LogP contribution in [0.15, 0.2) is 17.0 Å². The van der Waals surface area contributed by atoms with E-state index in [1.165, 1.54) is 16.4 Å².